The summed E-state index contributed by atoms with van der Waals surface area (Å²) in [6, 6.07) is 0. The van der Waals surface area contributed by atoms with Crippen LogP contribution in [0.3, 0.4) is 0 Å². The number of nitrogens with two attached hydrogens (primary N) is 2. The van der Waals surface area contributed by atoms with Crippen molar-refractivity contribution < 1.29 is 14.9 Å². The molecule has 10 heteroatoms. The lowest BCUT2D eigenvalue weighted by Gasteiger charge is -2.24. The van der Waals surface area contributed by atoms with Crippen LogP contribution in [0, 0.1) is 0 Å². The van der Waals surface area contributed by atoms with Crippen molar-refractivity contribution in [3.8, 4) is 0 Å². The van der Waals surface area contributed by atoms with Crippen LogP contribution in [-0.4, -0.2) is 48.2 Å². The minimum Gasteiger partial charge on any atom is -0.392 e. The van der Waals surface area contributed by atoms with Gasteiger partial charge in [0.2, 0.25) is 5.95 Å². The molecule has 1 aliphatic rings. The molecule has 1 fully saturated rings. The number of aromatic nitrogens is 4. The predicted molar refractivity (Wildman–Crippen MR) is 67.3 cm³/mol. The number of imidazole rings is 1. The normalized spacial score (nSPS) is 30.1. The number of nitrogens with one attached hydrogen (secondary N) is 1. The number of H-pyrrole nitrogens is 1. The van der Waals surface area contributed by atoms with E-state index in [0.29, 0.717) is 0 Å². The molecule has 20 heavy (non-hydrogen) atoms. The first-order valence-electron chi connectivity index (χ1n) is 5.92. The maximum Gasteiger partial charge on any atom is 0.280 e. The van der Waals surface area contributed by atoms with Gasteiger partial charge in [0.25, 0.3) is 5.56 Å². The largest absolute Gasteiger partial charge is 0.392 e. The fourth-order valence-electron chi connectivity index (χ4n) is 2.24. The Morgan fingerprint density at radius 1 is 1.65 bits per heavy atom. The van der Waals surface area contributed by atoms with Gasteiger partial charge in [-0.25, -0.2) is 4.98 Å². The highest BCUT2D eigenvalue weighted by Crippen LogP contribution is 2.34. The molecule has 10 nitrogen and oxygen atoms in total. The van der Waals surface area contributed by atoms with Crippen LogP contribution in [0.2, 0.25) is 0 Å². The predicted octanol–water partition coefficient (Wildman–Crippen LogP) is -2.37. The van der Waals surface area contributed by atoms with Gasteiger partial charge in [0.05, 0.1) is 12.9 Å². The van der Waals surface area contributed by atoms with Gasteiger partial charge >= 0.3 is 0 Å². The van der Waals surface area contributed by atoms with Crippen molar-refractivity contribution in [2.45, 2.75) is 24.5 Å². The molecule has 3 rings (SSSR count). The van der Waals surface area contributed by atoms with Crippen LogP contribution < -0.4 is 17.0 Å². The zero-order valence-corrected chi connectivity index (χ0v) is 10.4. The summed E-state index contributed by atoms with van der Waals surface area (Å²) < 4.78 is 6.90. The number of fused-ring (bicyclic) bond motifs is 1. The summed E-state index contributed by atoms with van der Waals surface area (Å²) in [6.45, 7) is -0.534. The maximum atomic E-state index is 11.7. The third-order valence-electron chi connectivity index (χ3n) is 3.35. The van der Waals surface area contributed by atoms with Crippen molar-refractivity contribution >= 4 is 17.1 Å². The summed E-state index contributed by atoms with van der Waals surface area (Å²) in [5, 5.41) is 19.0. The van der Waals surface area contributed by atoms with Gasteiger partial charge in [0, 0.05) is 6.42 Å². The van der Waals surface area contributed by atoms with Crippen molar-refractivity contribution in [3.63, 3.8) is 0 Å². The van der Waals surface area contributed by atoms with Gasteiger partial charge in [-0.1, -0.05) is 0 Å². The Hall–Kier alpha value is -2.01. The van der Waals surface area contributed by atoms with E-state index in [4.69, 9.17) is 16.2 Å². The molecule has 0 aromatic carbocycles. The number of aliphatic hydroxyl groups excluding tert-OH is 2. The van der Waals surface area contributed by atoms with E-state index in [1.165, 1.54) is 10.9 Å². The molecular formula is C10H14N6O4. The molecule has 0 bridgehead atoms. The first-order chi connectivity index (χ1) is 9.44. The van der Waals surface area contributed by atoms with E-state index >= 15 is 0 Å². The standard InChI is InChI=1S/C10H14N6O4/c11-9-14-7-6(8(19)15-9)13-3-16(7)5-1-4(18)10(12,2-17)20-5/h3-5,17-18H,1-2,12H2,(H3,11,14,15,19)/t4-,5+,10+/m0/s1. The summed E-state index contributed by atoms with van der Waals surface area (Å²) in [5.41, 5.74) is 9.55. The highest BCUT2D eigenvalue weighted by Gasteiger charge is 2.46. The van der Waals surface area contributed by atoms with E-state index in [1.807, 2.05) is 0 Å². The van der Waals surface area contributed by atoms with Crippen molar-refractivity contribution in [2.75, 3.05) is 12.3 Å². The molecule has 7 N–H and O–H groups in total. The number of hydrogen-bond donors (Lipinski definition) is 5. The summed E-state index contributed by atoms with van der Waals surface area (Å²) in [4.78, 5) is 21.9. The van der Waals surface area contributed by atoms with Crippen molar-refractivity contribution in [2.24, 2.45) is 5.73 Å². The summed E-state index contributed by atoms with van der Waals surface area (Å²) in [7, 11) is 0. The summed E-state index contributed by atoms with van der Waals surface area (Å²) >= 11 is 0. The van der Waals surface area contributed by atoms with Crippen molar-refractivity contribution in [3.05, 3.63) is 16.7 Å². The minimum absolute atomic E-state index is 0.0519. The van der Waals surface area contributed by atoms with Crippen molar-refractivity contribution in [1.82, 2.24) is 19.5 Å². The number of aromatic amines is 1. The number of nitrogen functional groups attached to an aromatic ring is 1. The van der Waals surface area contributed by atoms with Crippen LogP contribution in [0.15, 0.2) is 11.1 Å². The fraction of sp³-hybridized carbons (Fsp3) is 0.500. The Morgan fingerprint density at radius 3 is 3.05 bits per heavy atom. The second-order valence-electron chi connectivity index (χ2n) is 4.71. The van der Waals surface area contributed by atoms with E-state index in [2.05, 4.69) is 15.0 Å². The molecule has 108 valence electrons. The zero-order chi connectivity index (χ0) is 14.5. The Balaban J connectivity index is 2.06. The van der Waals surface area contributed by atoms with Crippen molar-refractivity contribution in [1.29, 1.82) is 0 Å². The second-order valence-corrected chi connectivity index (χ2v) is 4.71. The van der Waals surface area contributed by atoms with Crippen LogP contribution in [0.5, 0.6) is 0 Å². The molecule has 2 aromatic heterocycles. The lowest BCUT2D eigenvalue weighted by Crippen LogP contribution is -2.51. The van der Waals surface area contributed by atoms with Crippen LogP contribution in [0.25, 0.3) is 11.2 Å². The van der Waals surface area contributed by atoms with Gasteiger partial charge in [-0.05, 0) is 0 Å². The second kappa shape index (κ2) is 4.24. The van der Waals surface area contributed by atoms with E-state index < -0.39 is 30.2 Å². The SMILES string of the molecule is Nc1nc2c(ncn2[C@H]2C[C@H](O)[C@@](N)(CO)O2)c(=O)[nH]1. The Bertz CT molecular complexity index is 711. The molecular weight excluding hydrogens is 268 g/mol. The third kappa shape index (κ3) is 1.78. The molecule has 3 heterocycles. The Morgan fingerprint density at radius 2 is 2.40 bits per heavy atom. The molecule has 0 radical (unpaired) electrons. The summed E-state index contributed by atoms with van der Waals surface area (Å²) in [5.74, 6) is -0.0519. The molecule has 1 saturated heterocycles. The number of anilines is 1. The number of ether oxygens (including phenoxy) is 1. The monoisotopic (exact) mass is 282 g/mol. The van der Waals surface area contributed by atoms with Gasteiger partial charge < -0.3 is 20.7 Å². The molecule has 0 amide bonds. The molecule has 1 aliphatic heterocycles. The maximum absolute atomic E-state index is 11.7. The topological polar surface area (TPSA) is 165 Å². The van der Waals surface area contributed by atoms with E-state index in [-0.39, 0.29) is 23.5 Å². The van der Waals surface area contributed by atoms with Crippen LogP contribution in [-0.2, 0) is 4.74 Å². The smallest absolute Gasteiger partial charge is 0.280 e. The van der Waals surface area contributed by atoms with Gasteiger partial charge in [0.1, 0.15) is 12.3 Å². The first-order valence-corrected chi connectivity index (χ1v) is 5.92. The third-order valence-corrected chi connectivity index (χ3v) is 3.35. The summed E-state index contributed by atoms with van der Waals surface area (Å²) in [6.07, 6.45) is -0.251. The van der Waals surface area contributed by atoms with Gasteiger partial charge in [0.15, 0.2) is 16.9 Å². The van der Waals surface area contributed by atoms with E-state index in [0.717, 1.165) is 0 Å². The van der Waals surface area contributed by atoms with Crippen LogP contribution in [0.4, 0.5) is 5.95 Å². The highest BCUT2D eigenvalue weighted by molar-refractivity contribution is 5.70. The molecule has 2 aromatic rings. The average molecular weight is 282 g/mol. The lowest BCUT2D eigenvalue weighted by atomic mass is 10.1. The van der Waals surface area contributed by atoms with Gasteiger partial charge in [-0.15, -0.1) is 0 Å². The van der Waals surface area contributed by atoms with Gasteiger partial charge in [-0.3, -0.25) is 20.1 Å². The van der Waals surface area contributed by atoms with E-state index in [1.54, 1.807) is 0 Å². The Kier molecular flexibility index (Phi) is 2.76. The zero-order valence-electron chi connectivity index (χ0n) is 10.4. The Labute approximate surface area is 112 Å². The molecule has 0 saturated carbocycles. The highest BCUT2D eigenvalue weighted by atomic mass is 16.6. The fourth-order valence-corrected chi connectivity index (χ4v) is 2.24. The number of hydrogen-bond acceptors (Lipinski definition) is 8. The number of nitrogens with zero attached hydrogens (tertiary/aromatic N) is 3. The number of rotatable bonds is 2. The molecule has 3 atom stereocenters. The average Bonchev–Trinajstić information content (AvgIpc) is 2.92. The lowest BCUT2D eigenvalue weighted by molar-refractivity contribution is -0.123. The molecule has 0 aliphatic carbocycles. The van der Waals surface area contributed by atoms with E-state index in [9.17, 15) is 15.0 Å². The quantitative estimate of drug-likeness (QED) is 0.407. The molecule has 0 spiro atoms. The van der Waals surface area contributed by atoms with Gasteiger partial charge in [-0.2, -0.15) is 4.98 Å². The first kappa shape index (κ1) is 13.0. The van der Waals surface area contributed by atoms with Crippen LogP contribution >= 0.6 is 0 Å². The van der Waals surface area contributed by atoms with Crippen LogP contribution in [0.1, 0.15) is 12.6 Å². The minimum atomic E-state index is -1.55. The number of aliphatic hydroxyl groups is 2. The molecule has 0 unspecified atom stereocenters.